The first-order valence-electron chi connectivity index (χ1n) is 5.02. The molecule has 1 aromatic carbocycles. The van der Waals surface area contributed by atoms with Gasteiger partial charge in [0.15, 0.2) is 0 Å². The monoisotopic (exact) mass is 290 g/mol. The Bertz CT molecular complexity index is 605. The van der Waals surface area contributed by atoms with E-state index in [1.165, 1.54) is 0 Å². The number of hydrogen-bond acceptors (Lipinski definition) is 3. The minimum atomic E-state index is -3.81. The van der Waals surface area contributed by atoms with Gasteiger partial charge in [0.25, 0.3) is 0 Å². The first-order valence-corrected chi connectivity index (χ1v) is 6.88. The van der Waals surface area contributed by atoms with Gasteiger partial charge >= 0.3 is 0 Å². The van der Waals surface area contributed by atoms with Gasteiger partial charge in [-0.25, -0.2) is 17.5 Å². The van der Waals surface area contributed by atoms with E-state index in [0.717, 1.165) is 12.1 Å². The van der Waals surface area contributed by atoms with Crippen molar-refractivity contribution < 1.29 is 12.8 Å². The highest BCUT2D eigenvalue weighted by Gasteiger charge is 2.19. The predicted molar refractivity (Wildman–Crippen MR) is 69.1 cm³/mol. The van der Waals surface area contributed by atoms with Crippen LogP contribution in [0, 0.1) is 17.7 Å². The van der Waals surface area contributed by atoms with Crippen LogP contribution in [0.1, 0.15) is 13.3 Å². The lowest BCUT2D eigenvalue weighted by atomic mass is 10.3. The van der Waals surface area contributed by atoms with Gasteiger partial charge < -0.3 is 5.73 Å². The molecule has 0 spiro atoms. The van der Waals surface area contributed by atoms with Crippen LogP contribution in [0.2, 0.25) is 5.02 Å². The third kappa shape index (κ3) is 3.60. The first kappa shape index (κ1) is 14.8. The molecule has 0 aliphatic heterocycles. The van der Waals surface area contributed by atoms with E-state index in [1.807, 2.05) is 0 Å². The number of benzene rings is 1. The van der Waals surface area contributed by atoms with Gasteiger partial charge in [-0.1, -0.05) is 11.6 Å². The van der Waals surface area contributed by atoms with Gasteiger partial charge in [-0.3, -0.25) is 0 Å². The Hall–Kier alpha value is -1.29. The summed E-state index contributed by atoms with van der Waals surface area (Å²) in [5, 5.41) is -0.212. The van der Waals surface area contributed by atoms with Gasteiger partial charge in [0.05, 0.1) is 10.7 Å². The van der Waals surface area contributed by atoms with Crippen LogP contribution < -0.4 is 10.5 Å². The molecule has 0 heterocycles. The average molecular weight is 291 g/mol. The fourth-order valence-electron chi connectivity index (χ4n) is 1.20. The van der Waals surface area contributed by atoms with Crippen molar-refractivity contribution in [3.05, 3.63) is 23.0 Å². The zero-order chi connectivity index (χ0) is 13.8. The molecule has 7 heteroatoms. The highest BCUT2D eigenvalue weighted by atomic mass is 35.5. The third-order valence-corrected chi connectivity index (χ3v) is 3.99. The molecule has 0 atom stereocenters. The lowest BCUT2D eigenvalue weighted by Gasteiger charge is -2.08. The first-order chi connectivity index (χ1) is 8.38. The van der Waals surface area contributed by atoms with Gasteiger partial charge in [-0.2, -0.15) is 0 Å². The summed E-state index contributed by atoms with van der Waals surface area (Å²) in [5.74, 6) is 4.60. The molecule has 0 fully saturated rings. The Balaban J connectivity index is 2.97. The van der Waals surface area contributed by atoms with Crippen LogP contribution in [0.15, 0.2) is 17.0 Å². The van der Waals surface area contributed by atoms with Gasteiger partial charge in [-0.05, 0) is 19.1 Å². The Morgan fingerprint density at radius 3 is 2.78 bits per heavy atom. The molecule has 0 saturated carbocycles. The van der Waals surface area contributed by atoms with Crippen LogP contribution in [0.3, 0.4) is 0 Å². The maximum atomic E-state index is 13.1. The van der Waals surface area contributed by atoms with Crippen LogP contribution >= 0.6 is 11.6 Å². The fraction of sp³-hybridized carbons (Fsp3) is 0.273. The Kier molecular flexibility index (Phi) is 4.96. The molecule has 1 aromatic rings. The van der Waals surface area contributed by atoms with Crippen molar-refractivity contribution in [2.75, 3.05) is 12.3 Å². The molecular formula is C11H12ClFN2O2S. The quantitative estimate of drug-likeness (QED) is 0.504. The van der Waals surface area contributed by atoms with Gasteiger partial charge in [0.1, 0.15) is 10.7 Å². The molecule has 0 aliphatic rings. The normalized spacial score (nSPS) is 10.8. The summed E-state index contributed by atoms with van der Waals surface area (Å²) in [4.78, 5) is -0.243. The van der Waals surface area contributed by atoms with Crippen LogP contribution in [-0.2, 0) is 10.0 Å². The van der Waals surface area contributed by atoms with E-state index in [4.69, 9.17) is 17.3 Å². The second-order valence-electron chi connectivity index (χ2n) is 3.38. The highest BCUT2D eigenvalue weighted by Crippen LogP contribution is 2.26. The van der Waals surface area contributed by atoms with E-state index in [-0.39, 0.29) is 22.2 Å². The summed E-state index contributed by atoms with van der Waals surface area (Å²) in [6.45, 7) is 1.81. The molecule has 0 aromatic heterocycles. The van der Waals surface area contributed by atoms with E-state index < -0.39 is 15.8 Å². The standard InChI is InChI=1S/C11H12ClFN2O2S/c1-2-3-4-5-15-18(16,17)11-7-10(14)9(13)6-8(11)12/h6-7,15H,4-5,14H2,1H3. The second kappa shape index (κ2) is 6.05. The van der Waals surface area contributed by atoms with Crippen molar-refractivity contribution >= 4 is 27.3 Å². The molecule has 0 saturated heterocycles. The molecule has 0 radical (unpaired) electrons. The number of nitrogens with one attached hydrogen (secondary N) is 1. The second-order valence-corrected chi connectivity index (χ2v) is 5.52. The Morgan fingerprint density at radius 1 is 1.50 bits per heavy atom. The molecule has 0 amide bonds. The average Bonchev–Trinajstić information content (AvgIpc) is 2.29. The lowest BCUT2D eigenvalue weighted by Crippen LogP contribution is -2.25. The molecule has 18 heavy (non-hydrogen) atoms. The summed E-state index contributed by atoms with van der Waals surface area (Å²) in [7, 11) is -3.81. The third-order valence-electron chi connectivity index (χ3n) is 2.06. The number of hydrogen-bond donors (Lipinski definition) is 2. The largest absolute Gasteiger partial charge is 0.396 e. The molecule has 0 unspecified atom stereocenters. The van der Waals surface area contributed by atoms with Gasteiger partial charge in [-0.15, -0.1) is 11.8 Å². The zero-order valence-corrected chi connectivity index (χ0v) is 11.2. The zero-order valence-electron chi connectivity index (χ0n) is 9.63. The van der Waals surface area contributed by atoms with Gasteiger partial charge in [0, 0.05) is 13.0 Å². The number of rotatable bonds is 4. The van der Waals surface area contributed by atoms with Crippen LogP contribution in [0.4, 0.5) is 10.1 Å². The number of anilines is 1. The smallest absolute Gasteiger partial charge is 0.242 e. The van der Waals surface area contributed by atoms with Crippen molar-refractivity contribution in [1.29, 1.82) is 0 Å². The fourth-order valence-corrected chi connectivity index (χ4v) is 2.78. The van der Waals surface area contributed by atoms with Crippen molar-refractivity contribution in [2.45, 2.75) is 18.2 Å². The molecule has 1 rings (SSSR count). The van der Waals surface area contributed by atoms with Crippen molar-refractivity contribution in [1.82, 2.24) is 4.72 Å². The van der Waals surface area contributed by atoms with E-state index in [9.17, 15) is 12.8 Å². The SMILES string of the molecule is CC#CCCNS(=O)(=O)c1cc(N)c(F)cc1Cl. The number of sulfonamides is 1. The van der Waals surface area contributed by atoms with E-state index in [1.54, 1.807) is 6.92 Å². The minimum absolute atomic E-state index is 0.150. The maximum Gasteiger partial charge on any atom is 0.242 e. The molecule has 0 bridgehead atoms. The number of halogens is 2. The predicted octanol–water partition coefficient (Wildman–Crippen LogP) is 1.75. The summed E-state index contributed by atoms with van der Waals surface area (Å²) in [5.41, 5.74) is 5.04. The van der Waals surface area contributed by atoms with E-state index >= 15 is 0 Å². The molecule has 0 aliphatic carbocycles. The summed E-state index contributed by atoms with van der Waals surface area (Å²) in [6.07, 6.45) is 0.379. The minimum Gasteiger partial charge on any atom is -0.396 e. The summed E-state index contributed by atoms with van der Waals surface area (Å²) < 4.78 is 39.1. The van der Waals surface area contributed by atoms with Crippen LogP contribution in [0.25, 0.3) is 0 Å². The van der Waals surface area contributed by atoms with E-state index in [0.29, 0.717) is 6.42 Å². The number of nitrogen functional groups attached to an aromatic ring is 1. The Morgan fingerprint density at radius 2 is 2.17 bits per heavy atom. The maximum absolute atomic E-state index is 13.1. The highest BCUT2D eigenvalue weighted by molar-refractivity contribution is 7.89. The van der Waals surface area contributed by atoms with Crippen molar-refractivity contribution in [2.24, 2.45) is 0 Å². The van der Waals surface area contributed by atoms with Crippen LogP contribution in [0.5, 0.6) is 0 Å². The van der Waals surface area contributed by atoms with E-state index in [2.05, 4.69) is 16.6 Å². The van der Waals surface area contributed by atoms with Crippen molar-refractivity contribution in [3.8, 4) is 11.8 Å². The summed E-state index contributed by atoms with van der Waals surface area (Å²) in [6, 6.07) is 1.86. The topological polar surface area (TPSA) is 72.2 Å². The molecule has 3 N–H and O–H groups in total. The molecule has 98 valence electrons. The lowest BCUT2D eigenvalue weighted by molar-refractivity contribution is 0.582. The van der Waals surface area contributed by atoms with Crippen molar-refractivity contribution in [3.63, 3.8) is 0 Å². The summed E-state index contributed by atoms with van der Waals surface area (Å²) >= 11 is 5.68. The van der Waals surface area contributed by atoms with Gasteiger partial charge in [0.2, 0.25) is 10.0 Å². The number of nitrogens with two attached hydrogens (primary N) is 1. The Labute approximate surface area is 110 Å². The molecular weight excluding hydrogens is 279 g/mol. The molecule has 4 nitrogen and oxygen atoms in total. The van der Waals surface area contributed by atoms with Crippen LogP contribution in [-0.4, -0.2) is 15.0 Å².